The van der Waals surface area contributed by atoms with Gasteiger partial charge in [-0.15, -0.1) is 11.8 Å². The third-order valence-corrected chi connectivity index (χ3v) is 5.36. The fraction of sp³-hybridized carbons (Fsp3) is 0.562. The maximum atomic E-state index is 13.1. The van der Waals surface area contributed by atoms with Gasteiger partial charge in [-0.2, -0.15) is 0 Å². The number of hydrogen-bond acceptors (Lipinski definition) is 4. The first-order chi connectivity index (χ1) is 10.7. The van der Waals surface area contributed by atoms with Crippen LogP contribution in [0.3, 0.4) is 0 Å². The van der Waals surface area contributed by atoms with E-state index in [1.54, 1.807) is 23.9 Å². The minimum atomic E-state index is -0.239. The number of halogens is 1. The van der Waals surface area contributed by atoms with E-state index in [0.29, 0.717) is 5.75 Å². The number of morpholine rings is 1. The molecule has 1 amide bonds. The van der Waals surface area contributed by atoms with Crippen molar-refractivity contribution in [1.29, 1.82) is 0 Å². The van der Waals surface area contributed by atoms with E-state index in [2.05, 4.69) is 4.90 Å². The van der Waals surface area contributed by atoms with Crippen LogP contribution in [-0.4, -0.2) is 60.9 Å². The molecule has 6 heteroatoms. The van der Waals surface area contributed by atoms with Crippen LogP contribution in [0, 0.1) is 5.82 Å². The molecule has 1 atom stereocenters. The molecule has 2 aliphatic heterocycles. The summed E-state index contributed by atoms with van der Waals surface area (Å²) >= 11 is 1.62. The van der Waals surface area contributed by atoms with Crippen molar-refractivity contribution in [1.82, 2.24) is 9.80 Å². The SMILES string of the molecule is O=C1CSC(c2ccc(F)cc2)N1CCCN1CCOCC1. The number of amides is 1. The molecule has 0 aliphatic carbocycles. The van der Waals surface area contributed by atoms with Gasteiger partial charge in [0.15, 0.2) is 0 Å². The van der Waals surface area contributed by atoms with Crippen LogP contribution in [0.4, 0.5) is 4.39 Å². The molecule has 2 fully saturated rings. The predicted octanol–water partition coefficient (Wildman–Crippen LogP) is 2.12. The average Bonchev–Trinajstić information content (AvgIpc) is 2.90. The Kier molecular flexibility index (Phi) is 5.33. The molecule has 2 saturated heterocycles. The first kappa shape index (κ1) is 15.8. The minimum Gasteiger partial charge on any atom is -0.379 e. The molecular weight excluding hydrogens is 303 g/mol. The molecule has 1 aromatic rings. The van der Waals surface area contributed by atoms with Crippen LogP contribution in [0.15, 0.2) is 24.3 Å². The summed E-state index contributed by atoms with van der Waals surface area (Å²) in [5.41, 5.74) is 1.00. The Bertz CT molecular complexity index is 505. The Hall–Kier alpha value is -1.11. The first-order valence-electron chi connectivity index (χ1n) is 7.71. The van der Waals surface area contributed by atoms with Gasteiger partial charge in [-0.05, 0) is 24.1 Å². The molecule has 2 heterocycles. The summed E-state index contributed by atoms with van der Waals surface area (Å²) in [5.74, 6) is 0.456. The van der Waals surface area contributed by atoms with Crippen molar-refractivity contribution in [3.05, 3.63) is 35.6 Å². The topological polar surface area (TPSA) is 32.8 Å². The largest absolute Gasteiger partial charge is 0.379 e. The summed E-state index contributed by atoms with van der Waals surface area (Å²) in [6.45, 7) is 5.31. The highest BCUT2D eigenvalue weighted by Crippen LogP contribution is 2.38. The number of ether oxygens (including phenoxy) is 1. The van der Waals surface area contributed by atoms with Crippen LogP contribution in [0.1, 0.15) is 17.4 Å². The van der Waals surface area contributed by atoms with Gasteiger partial charge in [0.05, 0.1) is 19.0 Å². The lowest BCUT2D eigenvalue weighted by atomic mass is 10.2. The summed E-state index contributed by atoms with van der Waals surface area (Å²) < 4.78 is 18.4. The number of carbonyl (C=O) groups excluding carboxylic acids is 1. The van der Waals surface area contributed by atoms with Crippen molar-refractivity contribution in [2.75, 3.05) is 45.1 Å². The summed E-state index contributed by atoms with van der Waals surface area (Å²) in [4.78, 5) is 16.4. The molecule has 2 aliphatic rings. The quantitative estimate of drug-likeness (QED) is 0.831. The molecule has 0 saturated carbocycles. The van der Waals surface area contributed by atoms with Crippen LogP contribution in [0.2, 0.25) is 0 Å². The number of nitrogens with zero attached hydrogens (tertiary/aromatic N) is 2. The molecule has 1 aromatic carbocycles. The lowest BCUT2D eigenvalue weighted by Crippen LogP contribution is -2.38. The zero-order valence-corrected chi connectivity index (χ0v) is 13.4. The second-order valence-corrected chi connectivity index (χ2v) is 6.68. The third-order valence-electron chi connectivity index (χ3n) is 4.10. The summed E-state index contributed by atoms with van der Waals surface area (Å²) in [7, 11) is 0. The van der Waals surface area contributed by atoms with Gasteiger partial charge in [-0.1, -0.05) is 12.1 Å². The third kappa shape index (κ3) is 3.80. The van der Waals surface area contributed by atoms with E-state index in [-0.39, 0.29) is 17.1 Å². The number of thioether (sulfide) groups is 1. The number of carbonyl (C=O) groups is 1. The molecular formula is C16H21FN2O2S. The smallest absolute Gasteiger partial charge is 0.233 e. The summed E-state index contributed by atoms with van der Waals surface area (Å²) in [6, 6.07) is 6.48. The molecule has 4 nitrogen and oxygen atoms in total. The molecule has 0 aromatic heterocycles. The number of hydrogen-bond donors (Lipinski definition) is 0. The van der Waals surface area contributed by atoms with E-state index in [9.17, 15) is 9.18 Å². The summed E-state index contributed by atoms with van der Waals surface area (Å²) in [6.07, 6.45) is 0.962. The molecule has 0 N–H and O–H groups in total. The van der Waals surface area contributed by atoms with Gasteiger partial charge in [-0.3, -0.25) is 9.69 Å². The van der Waals surface area contributed by atoms with Crippen LogP contribution in [0.5, 0.6) is 0 Å². The van der Waals surface area contributed by atoms with Crippen molar-refractivity contribution in [2.24, 2.45) is 0 Å². The molecule has 3 rings (SSSR count). The lowest BCUT2D eigenvalue weighted by Gasteiger charge is -2.29. The van der Waals surface area contributed by atoms with Gasteiger partial charge in [0, 0.05) is 26.2 Å². The highest BCUT2D eigenvalue weighted by Gasteiger charge is 2.32. The van der Waals surface area contributed by atoms with Crippen LogP contribution >= 0.6 is 11.8 Å². The van der Waals surface area contributed by atoms with Crippen molar-refractivity contribution in [2.45, 2.75) is 11.8 Å². The first-order valence-corrected chi connectivity index (χ1v) is 8.75. The molecule has 0 spiro atoms. The fourth-order valence-electron chi connectivity index (χ4n) is 2.89. The van der Waals surface area contributed by atoms with Crippen molar-refractivity contribution < 1.29 is 13.9 Å². The van der Waals surface area contributed by atoms with Crippen molar-refractivity contribution in [3.63, 3.8) is 0 Å². The van der Waals surface area contributed by atoms with Crippen LogP contribution < -0.4 is 0 Å². The van der Waals surface area contributed by atoms with E-state index >= 15 is 0 Å². The second kappa shape index (κ2) is 7.44. The predicted molar refractivity (Wildman–Crippen MR) is 85.2 cm³/mol. The Labute approximate surface area is 134 Å². The highest BCUT2D eigenvalue weighted by atomic mass is 32.2. The monoisotopic (exact) mass is 324 g/mol. The van der Waals surface area contributed by atoms with E-state index in [1.807, 2.05) is 4.90 Å². The molecule has 0 radical (unpaired) electrons. The van der Waals surface area contributed by atoms with E-state index in [0.717, 1.165) is 51.4 Å². The standard InChI is InChI=1S/C16H21FN2O2S/c17-14-4-2-13(3-5-14)16-19(15(20)12-22-16)7-1-6-18-8-10-21-11-9-18/h2-5,16H,1,6-12H2. The Morgan fingerprint density at radius 3 is 2.64 bits per heavy atom. The Morgan fingerprint density at radius 1 is 1.18 bits per heavy atom. The zero-order valence-electron chi connectivity index (χ0n) is 12.5. The van der Waals surface area contributed by atoms with Crippen LogP contribution in [-0.2, 0) is 9.53 Å². The molecule has 1 unspecified atom stereocenters. The van der Waals surface area contributed by atoms with Gasteiger partial charge in [-0.25, -0.2) is 4.39 Å². The average molecular weight is 324 g/mol. The van der Waals surface area contributed by atoms with Crippen molar-refractivity contribution >= 4 is 17.7 Å². The van der Waals surface area contributed by atoms with Gasteiger partial charge in [0.25, 0.3) is 0 Å². The zero-order chi connectivity index (χ0) is 15.4. The fourth-order valence-corrected chi connectivity index (χ4v) is 4.11. The van der Waals surface area contributed by atoms with Gasteiger partial charge in [0.2, 0.25) is 5.91 Å². The van der Waals surface area contributed by atoms with E-state index < -0.39 is 0 Å². The number of rotatable bonds is 5. The van der Waals surface area contributed by atoms with Gasteiger partial charge < -0.3 is 9.64 Å². The molecule has 0 bridgehead atoms. The Balaban J connectivity index is 1.55. The molecule has 120 valence electrons. The van der Waals surface area contributed by atoms with E-state index in [4.69, 9.17) is 4.74 Å². The van der Waals surface area contributed by atoms with Gasteiger partial charge >= 0.3 is 0 Å². The highest BCUT2D eigenvalue weighted by molar-refractivity contribution is 8.00. The Morgan fingerprint density at radius 2 is 1.91 bits per heavy atom. The lowest BCUT2D eigenvalue weighted by molar-refractivity contribution is -0.128. The maximum absolute atomic E-state index is 13.1. The maximum Gasteiger partial charge on any atom is 0.233 e. The minimum absolute atomic E-state index is 0.0257. The number of benzene rings is 1. The normalized spacial score (nSPS) is 23.2. The van der Waals surface area contributed by atoms with E-state index in [1.165, 1.54) is 12.1 Å². The second-order valence-electron chi connectivity index (χ2n) is 5.61. The van der Waals surface area contributed by atoms with Crippen molar-refractivity contribution in [3.8, 4) is 0 Å². The molecule has 22 heavy (non-hydrogen) atoms. The van der Waals surface area contributed by atoms with Crippen LogP contribution in [0.25, 0.3) is 0 Å². The van der Waals surface area contributed by atoms with Gasteiger partial charge in [0.1, 0.15) is 11.2 Å². The summed E-state index contributed by atoms with van der Waals surface area (Å²) in [5, 5.41) is 0.0257.